The molecular formula is C23H30O4. The maximum absolute atomic E-state index is 12.0. The minimum atomic E-state index is -0.291. The van der Waals surface area contributed by atoms with E-state index in [0.717, 1.165) is 16.3 Å². The third-order valence-electron chi connectivity index (χ3n) is 4.56. The van der Waals surface area contributed by atoms with E-state index in [-0.39, 0.29) is 49.3 Å². The van der Waals surface area contributed by atoms with Gasteiger partial charge >= 0.3 is 11.9 Å². The van der Waals surface area contributed by atoms with Crippen LogP contribution in [-0.4, -0.2) is 18.0 Å². The highest BCUT2D eigenvalue weighted by Crippen LogP contribution is 2.18. The fourth-order valence-corrected chi connectivity index (χ4v) is 3.19. The van der Waals surface area contributed by atoms with Crippen LogP contribution >= 0.6 is 0 Å². The van der Waals surface area contributed by atoms with Gasteiger partial charge < -0.3 is 9.47 Å². The number of benzene rings is 2. The first-order chi connectivity index (χ1) is 12.9. The Kier molecular flexibility index (Phi) is 7.83. The summed E-state index contributed by atoms with van der Waals surface area (Å²) in [6.45, 7) is 8.42. The van der Waals surface area contributed by atoms with Crippen molar-refractivity contribution in [1.29, 1.82) is 0 Å². The van der Waals surface area contributed by atoms with Crippen LogP contribution in [0.4, 0.5) is 0 Å². The Morgan fingerprint density at radius 1 is 0.852 bits per heavy atom. The molecule has 0 fully saturated rings. The van der Waals surface area contributed by atoms with Crippen molar-refractivity contribution in [1.82, 2.24) is 0 Å². The molecule has 0 aliphatic heterocycles. The van der Waals surface area contributed by atoms with Gasteiger partial charge in [0.15, 0.2) is 0 Å². The van der Waals surface area contributed by atoms with Crippen LogP contribution in [0.2, 0.25) is 0 Å². The van der Waals surface area contributed by atoms with E-state index >= 15 is 0 Å². The maximum Gasteiger partial charge on any atom is 0.306 e. The Balaban J connectivity index is 1.71. The highest BCUT2D eigenvalue weighted by atomic mass is 16.5. The molecule has 0 saturated carbocycles. The molecule has 146 valence electrons. The van der Waals surface area contributed by atoms with Crippen LogP contribution in [0.3, 0.4) is 0 Å². The van der Waals surface area contributed by atoms with Crippen molar-refractivity contribution >= 4 is 22.7 Å². The zero-order chi connectivity index (χ0) is 19.8. The lowest BCUT2D eigenvalue weighted by atomic mass is 9.96. The molecule has 0 amide bonds. The predicted octanol–water partition coefficient (Wildman–Crippen LogP) is 5.28. The molecule has 0 heterocycles. The molecule has 2 rings (SSSR count). The van der Waals surface area contributed by atoms with Crippen molar-refractivity contribution in [2.24, 2.45) is 11.8 Å². The predicted molar refractivity (Wildman–Crippen MR) is 107 cm³/mol. The summed E-state index contributed by atoms with van der Waals surface area (Å²) >= 11 is 0. The SMILES string of the molecule is CC(C)C(OC(=O)CCCC(=O)OCc1ccc2ccccc2c1)C(C)C. The topological polar surface area (TPSA) is 52.6 Å². The van der Waals surface area contributed by atoms with E-state index in [1.54, 1.807) is 0 Å². The summed E-state index contributed by atoms with van der Waals surface area (Å²) < 4.78 is 10.9. The zero-order valence-corrected chi connectivity index (χ0v) is 16.7. The van der Waals surface area contributed by atoms with Gasteiger partial charge in [-0.3, -0.25) is 9.59 Å². The lowest BCUT2D eigenvalue weighted by molar-refractivity contribution is -0.154. The van der Waals surface area contributed by atoms with Gasteiger partial charge in [-0.05, 0) is 40.7 Å². The molecule has 0 bridgehead atoms. The van der Waals surface area contributed by atoms with Gasteiger partial charge in [-0.15, -0.1) is 0 Å². The van der Waals surface area contributed by atoms with Crippen molar-refractivity contribution < 1.29 is 19.1 Å². The molecule has 0 saturated heterocycles. The van der Waals surface area contributed by atoms with Crippen molar-refractivity contribution in [3.8, 4) is 0 Å². The third-order valence-corrected chi connectivity index (χ3v) is 4.56. The third kappa shape index (κ3) is 6.70. The van der Waals surface area contributed by atoms with Crippen LogP contribution in [0.5, 0.6) is 0 Å². The number of hydrogen-bond donors (Lipinski definition) is 0. The molecule has 0 aliphatic rings. The average molecular weight is 370 g/mol. The Hall–Kier alpha value is -2.36. The van der Waals surface area contributed by atoms with Gasteiger partial charge in [0.2, 0.25) is 0 Å². The van der Waals surface area contributed by atoms with Crippen LogP contribution in [0.1, 0.15) is 52.5 Å². The van der Waals surface area contributed by atoms with Gasteiger partial charge in [-0.1, -0.05) is 64.1 Å². The molecule has 0 unspecified atom stereocenters. The first-order valence-electron chi connectivity index (χ1n) is 9.69. The number of carbonyl (C=O) groups excluding carboxylic acids is 2. The number of esters is 2. The highest BCUT2D eigenvalue weighted by Gasteiger charge is 2.21. The average Bonchev–Trinajstić information content (AvgIpc) is 2.63. The molecule has 0 N–H and O–H groups in total. The Morgan fingerprint density at radius 2 is 1.48 bits per heavy atom. The van der Waals surface area contributed by atoms with Gasteiger partial charge in [-0.25, -0.2) is 0 Å². The van der Waals surface area contributed by atoms with Crippen molar-refractivity contribution in [2.75, 3.05) is 0 Å². The summed E-state index contributed by atoms with van der Waals surface area (Å²) in [7, 11) is 0. The molecule has 27 heavy (non-hydrogen) atoms. The second-order valence-electron chi connectivity index (χ2n) is 7.64. The summed E-state index contributed by atoms with van der Waals surface area (Å²) in [4.78, 5) is 23.9. The fourth-order valence-electron chi connectivity index (χ4n) is 3.19. The van der Waals surface area contributed by atoms with Gasteiger partial charge in [0.25, 0.3) is 0 Å². The van der Waals surface area contributed by atoms with Gasteiger partial charge in [0.1, 0.15) is 12.7 Å². The van der Waals surface area contributed by atoms with Crippen molar-refractivity contribution in [2.45, 2.75) is 59.7 Å². The van der Waals surface area contributed by atoms with E-state index in [4.69, 9.17) is 9.47 Å². The van der Waals surface area contributed by atoms with E-state index < -0.39 is 0 Å². The fraction of sp³-hybridized carbons (Fsp3) is 0.478. The quantitative estimate of drug-likeness (QED) is 0.564. The molecule has 0 aliphatic carbocycles. The van der Waals surface area contributed by atoms with Crippen LogP contribution in [0, 0.1) is 11.8 Å². The maximum atomic E-state index is 12.0. The minimum absolute atomic E-state index is 0.0858. The number of ether oxygens (including phenoxy) is 2. The summed E-state index contributed by atoms with van der Waals surface area (Å²) in [5, 5.41) is 2.28. The first-order valence-corrected chi connectivity index (χ1v) is 9.69. The van der Waals surface area contributed by atoms with E-state index in [0.29, 0.717) is 6.42 Å². The molecule has 2 aromatic carbocycles. The molecule has 4 heteroatoms. The van der Waals surface area contributed by atoms with Crippen LogP contribution in [-0.2, 0) is 25.7 Å². The number of carbonyl (C=O) groups is 2. The smallest absolute Gasteiger partial charge is 0.306 e. The van der Waals surface area contributed by atoms with Crippen LogP contribution < -0.4 is 0 Å². The Labute approximate surface area is 161 Å². The highest BCUT2D eigenvalue weighted by molar-refractivity contribution is 5.83. The summed E-state index contributed by atoms with van der Waals surface area (Å²) in [6.07, 6.45) is 0.813. The lowest BCUT2D eigenvalue weighted by Gasteiger charge is -2.24. The summed E-state index contributed by atoms with van der Waals surface area (Å²) in [6, 6.07) is 14.1. The normalized spacial score (nSPS) is 11.4. The van der Waals surface area contributed by atoms with E-state index in [1.807, 2.05) is 70.2 Å². The molecule has 0 radical (unpaired) electrons. The van der Waals surface area contributed by atoms with Gasteiger partial charge in [0, 0.05) is 12.8 Å². The monoisotopic (exact) mass is 370 g/mol. The standard InChI is InChI=1S/C23H30O4/c1-16(2)23(17(3)4)27-22(25)11-7-10-21(24)26-15-18-12-13-19-8-5-6-9-20(19)14-18/h5-6,8-9,12-14,16-17,23H,7,10-11,15H2,1-4H3. The van der Waals surface area contributed by atoms with E-state index in [2.05, 4.69) is 0 Å². The summed E-state index contributed by atoms with van der Waals surface area (Å²) in [5.41, 5.74) is 0.957. The second kappa shape index (κ2) is 10.1. The molecule has 0 spiro atoms. The minimum Gasteiger partial charge on any atom is -0.462 e. The lowest BCUT2D eigenvalue weighted by Crippen LogP contribution is -2.28. The second-order valence-corrected chi connectivity index (χ2v) is 7.64. The zero-order valence-electron chi connectivity index (χ0n) is 16.7. The van der Waals surface area contributed by atoms with Crippen LogP contribution in [0.15, 0.2) is 42.5 Å². The van der Waals surface area contributed by atoms with Gasteiger partial charge in [0.05, 0.1) is 0 Å². The van der Waals surface area contributed by atoms with Crippen molar-refractivity contribution in [3.05, 3.63) is 48.0 Å². The Bertz CT molecular complexity index is 756. The number of fused-ring (bicyclic) bond motifs is 1. The molecule has 0 atom stereocenters. The summed E-state index contributed by atoms with van der Waals surface area (Å²) in [5.74, 6) is 0.0201. The largest absolute Gasteiger partial charge is 0.462 e. The molecule has 0 aromatic heterocycles. The molecule has 2 aromatic rings. The Morgan fingerprint density at radius 3 is 2.15 bits per heavy atom. The molecule has 4 nitrogen and oxygen atoms in total. The first kappa shape index (κ1) is 20.9. The molecular weight excluding hydrogens is 340 g/mol. The van der Waals surface area contributed by atoms with Crippen molar-refractivity contribution in [3.63, 3.8) is 0 Å². The van der Waals surface area contributed by atoms with E-state index in [1.165, 1.54) is 0 Å². The number of rotatable bonds is 9. The van der Waals surface area contributed by atoms with E-state index in [9.17, 15) is 9.59 Å². The van der Waals surface area contributed by atoms with Crippen LogP contribution in [0.25, 0.3) is 10.8 Å². The van der Waals surface area contributed by atoms with Gasteiger partial charge in [-0.2, -0.15) is 0 Å². The number of hydrogen-bond acceptors (Lipinski definition) is 4.